The SMILES string of the molecule is CCCNc1nc(Nc2ccccc2)ncc1C#CCCCNC(=O)[C@H](C)NC. The standard InChI is InChI=1S/C22H30N6O/c1-4-14-24-20-18(11-7-6-10-15-25-21(29)17(2)23-3)16-26-22(28-20)27-19-12-8-5-9-13-19/h5,8-9,12-13,16-17,23H,4,6,10,14-15H2,1-3H3,(H,25,29)(H2,24,26,27,28)/t17-/m0/s1. The minimum atomic E-state index is -0.187. The van der Waals surface area contributed by atoms with E-state index in [1.54, 1.807) is 13.2 Å². The summed E-state index contributed by atoms with van der Waals surface area (Å²) in [7, 11) is 1.77. The number of aromatic nitrogens is 2. The van der Waals surface area contributed by atoms with E-state index in [0.29, 0.717) is 18.9 Å². The van der Waals surface area contributed by atoms with Crippen LogP contribution < -0.4 is 21.3 Å². The van der Waals surface area contributed by atoms with Gasteiger partial charge in [0.15, 0.2) is 0 Å². The second-order valence-corrected chi connectivity index (χ2v) is 6.58. The first-order chi connectivity index (χ1) is 14.1. The topological polar surface area (TPSA) is 91.0 Å². The highest BCUT2D eigenvalue weighted by Crippen LogP contribution is 2.17. The summed E-state index contributed by atoms with van der Waals surface area (Å²) in [6, 6.07) is 9.62. The van der Waals surface area contributed by atoms with Gasteiger partial charge < -0.3 is 21.3 Å². The van der Waals surface area contributed by atoms with Crippen LogP contribution in [0.5, 0.6) is 0 Å². The molecule has 7 nitrogen and oxygen atoms in total. The van der Waals surface area contributed by atoms with E-state index in [0.717, 1.165) is 36.5 Å². The molecule has 29 heavy (non-hydrogen) atoms. The lowest BCUT2D eigenvalue weighted by molar-refractivity contribution is -0.122. The number of nitrogens with one attached hydrogen (secondary N) is 4. The van der Waals surface area contributed by atoms with Gasteiger partial charge in [0.05, 0.1) is 17.8 Å². The predicted octanol–water partition coefficient (Wildman–Crippen LogP) is 2.90. The van der Waals surface area contributed by atoms with E-state index in [-0.39, 0.29) is 11.9 Å². The third kappa shape index (κ3) is 7.80. The summed E-state index contributed by atoms with van der Waals surface area (Å²) in [5.41, 5.74) is 1.70. The van der Waals surface area contributed by atoms with Crippen molar-refractivity contribution in [3.05, 3.63) is 42.1 Å². The zero-order valence-electron chi connectivity index (χ0n) is 17.4. The molecule has 2 rings (SSSR count). The molecule has 0 unspecified atom stereocenters. The minimum Gasteiger partial charge on any atom is -0.369 e. The molecule has 0 saturated carbocycles. The quantitative estimate of drug-likeness (QED) is 0.366. The molecule has 154 valence electrons. The lowest BCUT2D eigenvalue weighted by Crippen LogP contribution is -2.40. The molecule has 0 spiro atoms. The van der Waals surface area contributed by atoms with Crippen molar-refractivity contribution >= 4 is 23.4 Å². The Labute approximate surface area is 173 Å². The zero-order chi connectivity index (χ0) is 20.9. The molecular formula is C22H30N6O. The van der Waals surface area contributed by atoms with Crippen LogP contribution in [0.2, 0.25) is 0 Å². The summed E-state index contributed by atoms with van der Waals surface area (Å²) < 4.78 is 0. The largest absolute Gasteiger partial charge is 0.369 e. The summed E-state index contributed by atoms with van der Waals surface area (Å²) >= 11 is 0. The third-order valence-electron chi connectivity index (χ3n) is 4.19. The zero-order valence-corrected chi connectivity index (χ0v) is 17.4. The van der Waals surface area contributed by atoms with Gasteiger partial charge in [0.25, 0.3) is 0 Å². The average molecular weight is 395 g/mol. The summed E-state index contributed by atoms with van der Waals surface area (Å²) in [6.07, 6.45) is 4.20. The molecule has 0 aliphatic rings. The maximum absolute atomic E-state index is 11.7. The fourth-order valence-corrected chi connectivity index (χ4v) is 2.39. The molecule has 1 aromatic carbocycles. The molecule has 0 radical (unpaired) electrons. The van der Waals surface area contributed by atoms with Gasteiger partial charge in [-0.3, -0.25) is 4.79 Å². The Morgan fingerprint density at radius 3 is 2.72 bits per heavy atom. The van der Waals surface area contributed by atoms with E-state index in [4.69, 9.17) is 0 Å². The molecule has 0 aliphatic carbocycles. The van der Waals surface area contributed by atoms with E-state index < -0.39 is 0 Å². The van der Waals surface area contributed by atoms with Crippen LogP contribution in [0.25, 0.3) is 0 Å². The van der Waals surface area contributed by atoms with Gasteiger partial charge in [-0.05, 0) is 38.9 Å². The van der Waals surface area contributed by atoms with Crippen LogP contribution in [-0.2, 0) is 4.79 Å². The first kappa shape index (κ1) is 22.2. The van der Waals surface area contributed by atoms with Crippen LogP contribution >= 0.6 is 0 Å². The predicted molar refractivity (Wildman–Crippen MR) is 118 cm³/mol. The van der Waals surface area contributed by atoms with E-state index in [9.17, 15) is 4.79 Å². The van der Waals surface area contributed by atoms with Crippen molar-refractivity contribution in [3.63, 3.8) is 0 Å². The van der Waals surface area contributed by atoms with E-state index in [2.05, 4.69) is 50.0 Å². The van der Waals surface area contributed by atoms with Crippen LogP contribution in [0.3, 0.4) is 0 Å². The maximum atomic E-state index is 11.7. The van der Waals surface area contributed by atoms with Crippen molar-refractivity contribution in [2.24, 2.45) is 0 Å². The van der Waals surface area contributed by atoms with Crippen LogP contribution in [-0.4, -0.2) is 42.1 Å². The van der Waals surface area contributed by atoms with Crippen molar-refractivity contribution in [1.82, 2.24) is 20.6 Å². The number of para-hydroxylation sites is 1. The molecule has 1 aromatic heterocycles. The smallest absolute Gasteiger partial charge is 0.236 e. The van der Waals surface area contributed by atoms with Gasteiger partial charge in [-0.2, -0.15) is 4.98 Å². The number of amides is 1. The Kier molecular flexibility index (Phi) is 9.46. The van der Waals surface area contributed by atoms with Crippen molar-refractivity contribution in [3.8, 4) is 11.8 Å². The van der Waals surface area contributed by atoms with Crippen molar-refractivity contribution in [2.75, 3.05) is 30.8 Å². The molecule has 1 atom stereocenters. The fourth-order valence-electron chi connectivity index (χ4n) is 2.39. The molecule has 0 bridgehead atoms. The number of likely N-dealkylation sites (N-methyl/N-ethyl adjacent to an activating group) is 1. The number of carbonyl (C=O) groups excluding carboxylic acids is 1. The Morgan fingerprint density at radius 2 is 2.00 bits per heavy atom. The number of benzene rings is 1. The average Bonchev–Trinajstić information content (AvgIpc) is 2.75. The Hall–Kier alpha value is -3.11. The monoisotopic (exact) mass is 394 g/mol. The Morgan fingerprint density at radius 1 is 1.21 bits per heavy atom. The van der Waals surface area contributed by atoms with Gasteiger partial charge in [0.1, 0.15) is 5.82 Å². The lowest BCUT2D eigenvalue weighted by Gasteiger charge is -2.10. The molecule has 2 aromatic rings. The lowest BCUT2D eigenvalue weighted by atomic mass is 10.2. The van der Waals surface area contributed by atoms with Gasteiger partial charge >= 0.3 is 0 Å². The van der Waals surface area contributed by atoms with Gasteiger partial charge in [-0.15, -0.1) is 0 Å². The third-order valence-corrected chi connectivity index (χ3v) is 4.19. The minimum absolute atomic E-state index is 0.00131. The summed E-state index contributed by atoms with van der Waals surface area (Å²) in [5.74, 6) is 7.55. The Balaban J connectivity index is 1.95. The van der Waals surface area contributed by atoms with Gasteiger partial charge in [0, 0.05) is 25.2 Å². The highest BCUT2D eigenvalue weighted by Gasteiger charge is 2.08. The van der Waals surface area contributed by atoms with Crippen LogP contribution in [0.15, 0.2) is 36.5 Å². The molecule has 1 heterocycles. The number of hydrogen-bond acceptors (Lipinski definition) is 6. The summed E-state index contributed by atoms with van der Waals surface area (Å²) in [4.78, 5) is 20.6. The molecule has 1 amide bonds. The van der Waals surface area contributed by atoms with E-state index >= 15 is 0 Å². The number of hydrogen-bond donors (Lipinski definition) is 4. The number of nitrogens with zero attached hydrogens (tertiary/aromatic N) is 2. The second-order valence-electron chi connectivity index (χ2n) is 6.58. The number of unbranched alkanes of at least 4 members (excludes halogenated alkanes) is 1. The molecule has 4 N–H and O–H groups in total. The number of rotatable bonds is 10. The summed E-state index contributed by atoms with van der Waals surface area (Å²) in [6.45, 7) is 5.35. The fraction of sp³-hybridized carbons (Fsp3) is 0.409. The normalized spacial score (nSPS) is 11.1. The maximum Gasteiger partial charge on any atom is 0.236 e. The van der Waals surface area contributed by atoms with Crippen LogP contribution in [0.1, 0.15) is 38.7 Å². The first-order valence-corrected chi connectivity index (χ1v) is 10.0. The molecule has 0 aliphatic heterocycles. The highest BCUT2D eigenvalue weighted by atomic mass is 16.2. The highest BCUT2D eigenvalue weighted by molar-refractivity contribution is 5.81. The van der Waals surface area contributed by atoms with E-state index in [1.165, 1.54) is 0 Å². The van der Waals surface area contributed by atoms with Gasteiger partial charge in [-0.25, -0.2) is 4.98 Å². The molecule has 0 saturated heterocycles. The van der Waals surface area contributed by atoms with Crippen molar-refractivity contribution in [2.45, 2.75) is 39.2 Å². The van der Waals surface area contributed by atoms with Gasteiger partial charge in [0.2, 0.25) is 11.9 Å². The molecular weight excluding hydrogens is 364 g/mol. The van der Waals surface area contributed by atoms with Crippen molar-refractivity contribution in [1.29, 1.82) is 0 Å². The number of carbonyl (C=O) groups is 1. The van der Waals surface area contributed by atoms with E-state index in [1.807, 2.05) is 37.3 Å². The second kappa shape index (κ2) is 12.4. The van der Waals surface area contributed by atoms with Crippen LogP contribution in [0, 0.1) is 11.8 Å². The molecule has 7 heteroatoms. The number of anilines is 3. The molecule has 0 fully saturated rings. The van der Waals surface area contributed by atoms with Crippen LogP contribution in [0.4, 0.5) is 17.5 Å². The van der Waals surface area contributed by atoms with Gasteiger partial charge in [-0.1, -0.05) is 37.0 Å². The Bertz CT molecular complexity index is 828. The summed E-state index contributed by atoms with van der Waals surface area (Å²) in [5, 5.41) is 12.3. The first-order valence-electron chi connectivity index (χ1n) is 10.0. The van der Waals surface area contributed by atoms with Crippen molar-refractivity contribution < 1.29 is 4.79 Å².